The van der Waals surface area contributed by atoms with Crippen molar-refractivity contribution in [3.05, 3.63) is 49.0 Å². The normalized spacial score (nSPS) is 12.4. The first kappa shape index (κ1) is 17.6. The smallest absolute Gasteiger partial charge is 0.260 e. The average Bonchev–Trinajstić information content (AvgIpc) is 2.87. The van der Waals surface area contributed by atoms with Crippen LogP contribution >= 0.6 is 46.3 Å². The molecule has 0 radical (unpaired) electrons. The Morgan fingerprint density at radius 2 is 1.95 bits per heavy atom. The van der Waals surface area contributed by atoms with Crippen LogP contribution in [0.2, 0.25) is 15.1 Å². The van der Waals surface area contributed by atoms with Gasteiger partial charge in [0.15, 0.2) is 0 Å². The summed E-state index contributed by atoms with van der Waals surface area (Å²) in [6.45, 7) is 2.84. The molecule has 0 bridgehead atoms. The molecule has 2 rings (SSSR count). The minimum Gasteiger partial charge on any atom is -0.463 e. The molecule has 0 saturated carbocycles. The molecule has 0 fully saturated rings. The number of rotatable bonds is 7. The highest BCUT2D eigenvalue weighted by atomic mass is 35.5. The van der Waals surface area contributed by atoms with E-state index in [4.69, 9.17) is 44.3 Å². The Balaban J connectivity index is 2.07. The van der Waals surface area contributed by atoms with E-state index in [-0.39, 0.29) is 5.56 Å². The Morgan fingerprint density at radius 3 is 2.59 bits per heavy atom. The van der Waals surface area contributed by atoms with Crippen molar-refractivity contribution in [1.82, 2.24) is 3.96 Å². The molecular weight excluding hydrogens is 369 g/mol. The number of halogens is 3. The lowest BCUT2D eigenvalue weighted by molar-refractivity contribution is -0.0813. The minimum absolute atomic E-state index is 0.0344. The standard InChI is InChI=1S/C14H14Cl3NO3S/c1-2-20-14(3-5-18-13(19)4-6-22-18)21-12-8-10(16)9(15)7-11(12)17/h4,6-8,14H,2-3,5H2,1H3. The molecule has 0 saturated heterocycles. The number of benzene rings is 1. The highest BCUT2D eigenvalue weighted by molar-refractivity contribution is 7.04. The molecular formula is C14H14Cl3NO3S. The maximum Gasteiger partial charge on any atom is 0.260 e. The molecule has 0 spiro atoms. The maximum absolute atomic E-state index is 11.5. The van der Waals surface area contributed by atoms with Crippen molar-refractivity contribution in [2.75, 3.05) is 6.61 Å². The fourth-order valence-electron chi connectivity index (χ4n) is 1.78. The lowest BCUT2D eigenvalue weighted by Gasteiger charge is -2.20. The van der Waals surface area contributed by atoms with Gasteiger partial charge < -0.3 is 9.47 Å². The molecule has 4 nitrogen and oxygen atoms in total. The highest BCUT2D eigenvalue weighted by Gasteiger charge is 2.15. The number of hydrogen-bond donors (Lipinski definition) is 0. The third-order valence-corrected chi connectivity index (χ3v) is 4.69. The molecule has 0 aliphatic heterocycles. The zero-order valence-electron chi connectivity index (χ0n) is 11.7. The Kier molecular flexibility index (Phi) is 6.59. The second kappa shape index (κ2) is 8.22. The summed E-state index contributed by atoms with van der Waals surface area (Å²) in [6.07, 6.45) is -0.0288. The van der Waals surface area contributed by atoms with Crippen molar-refractivity contribution >= 4 is 46.3 Å². The molecule has 1 aromatic carbocycles. The molecule has 0 N–H and O–H groups in total. The third-order valence-electron chi connectivity index (χ3n) is 2.80. The second-order valence-corrected chi connectivity index (χ2v) is 6.48. The van der Waals surface area contributed by atoms with Gasteiger partial charge in [-0.1, -0.05) is 46.3 Å². The van der Waals surface area contributed by atoms with Crippen LogP contribution in [-0.4, -0.2) is 16.9 Å². The predicted octanol–water partition coefficient (Wildman–Crippen LogP) is 4.70. The Hall–Kier alpha value is -0.720. The summed E-state index contributed by atoms with van der Waals surface area (Å²) in [6, 6.07) is 4.60. The van der Waals surface area contributed by atoms with Crippen LogP contribution in [-0.2, 0) is 11.3 Å². The third kappa shape index (κ3) is 4.64. The molecule has 0 aliphatic carbocycles. The largest absolute Gasteiger partial charge is 0.463 e. The van der Waals surface area contributed by atoms with Crippen molar-refractivity contribution in [3.63, 3.8) is 0 Å². The fourth-order valence-corrected chi connectivity index (χ4v) is 3.06. The summed E-state index contributed by atoms with van der Waals surface area (Å²) in [5, 5.41) is 2.81. The molecule has 1 unspecified atom stereocenters. The molecule has 2 aromatic rings. The monoisotopic (exact) mass is 381 g/mol. The Morgan fingerprint density at radius 1 is 1.23 bits per heavy atom. The van der Waals surface area contributed by atoms with E-state index >= 15 is 0 Å². The number of aryl methyl sites for hydroxylation is 1. The Labute approximate surface area is 147 Å². The second-order valence-electron chi connectivity index (χ2n) is 4.34. The van der Waals surface area contributed by atoms with Crippen LogP contribution in [0.25, 0.3) is 0 Å². The molecule has 1 heterocycles. The van der Waals surface area contributed by atoms with E-state index in [1.165, 1.54) is 23.7 Å². The summed E-state index contributed by atoms with van der Waals surface area (Å²) in [7, 11) is 0. The summed E-state index contributed by atoms with van der Waals surface area (Å²) in [5.41, 5.74) is -0.0344. The molecule has 1 aromatic heterocycles. The van der Waals surface area contributed by atoms with Gasteiger partial charge in [-0.3, -0.25) is 8.75 Å². The summed E-state index contributed by atoms with van der Waals surface area (Å²) in [4.78, 5) is 11.5. The van der Waals surface area contributed by atoms with E-state index in [0.717, 1.165) is 0 Å². The fraction of sp³-hybridized carbons (Fsp3) is 0.357. The van der Waals surface area contributed by atoms with Crippen LogP contribution in [0, 0.1) is 0 Å². The van der Waals surface area contributed by atoms with Crippen LogP contribution < -0.4 is 10.3 Å². The lowest BCUT2D eigenvalue weighted by atomic mass is 10.3. The Bertz CT molecular complexity index is 686. The molecule has 8 heteroatoms. The van der Waals surface area contributed by atoms with Crippen LogP contribution in [0.3, 0.4) is 0 Å². The van der Waals surface area contributed by atoms with Crippen LogP contribution in [0.4, 0.5) is 0 Å². The van der Waals surface area contributed by atoms with Gasteiger partial charge in [-0.05, 0) is 13.0 Å². The minimum atomic E-state index is -0.534. The number of ether oxygens (including phenoxy) is 2. The van der Waals surface area contributed by atoms with Crippen LogP contribution in [0.1, 0.15) is 13.3 Å². The van der Waals surface area contributed by atoms with Gasteiger partial charge in [0.2, 0.25) is 6.29 Å². The quantitative estimate of drug-likeness (QED) is 0.515. The maximum atomic E-state index is 11.5. The molecule has 0 aliphatic rings. The van der Waals surface area contributed by atoms with Crippen molar-refractivity contribution in [2.24, 2.45) is 0 Å². The van der Waals surface area contributed by atoms with Gasteiger partial charge in [-0.25, -0.2) is 0 Å². The molecule has 0 amide bonds. The van der Waals surface area contributed by atoms with Crippen LogP contribution in [0.15, 0.2) is 28.4 Å². The first-order valence-corrected chi connectivity index (χ1v) is 8.56. The summed E-state index contributed by atoms with van der Waals surface area (Å²) < 4.78 is 12.9. The van der Waals surface area contributed by atoms with Gasteiger partial charge in [-0.15, -0.1) is 0 Å². The SMILES string of the molecule is CCOC(CCn1sccc1=O)Oc1cc(Cl)c(Cl)cc1Cl. The van der Waals surface area contributed by atoms with Crippen molar-refractivity contribution in [1.29, 1.82) is 0 Å². The van der Waals surface area contributed by atoms with E-state index in [0.29, 0.717) is 40.4 Å². The van der Waals surface area contributed by atoms with E-state index in [9.17, 15) is 4.79 Å². The molecule has 22 heavy (non-hydrogen) atoms. The predicted molar refractivity (Wildman–Crippen MR) is 90.7 cm³/mol. The van der Waals surface area contributed by atoms with Gasteiger partial charge in [0, 0.05) is 37.1 Å². The number of nitrogens with zero attached hydrogens (tertiary/aromatic N) is 1. The van der Waals surface area contributed by atoms with Gasteiger partial charge in [-0.2, -0.15) is 0 Å². The van der Waals surface area contributed by atoms with Crippen LogP contribution in [0.5, 0.6) is 5.75 Å². The summed E-state index contributed by atoms with van der Waals surface area (Å²) >= 11 is 19.3. The van der Waals surface area contributed by atoms with Gasteiger partial charge >= 0.3 is 0 Å². The summed E-state index contributed by atoms with van der Waals surface area (Å²) in [5.74, 6) is 0.396. The topological polar surface area (TPSA) is 40.5 Å². The number of hydrogen-bond acceptors (Lipinski definition) is 4. The van der Waals surface area contributed by atoms with Crippen molar-refractivity contribution in [2.45, 2.75) is 26.2 Å². The van der Waals surface area contributed by atoms with E-state index < -0.39 is 6.29 Å². The first-order valence-electron chi connectivity index (χ1n) is 6.59. The molecule has 1 atom stereocenters. The van der Waals surface area contributed by atoms with Gasteiger partial charge in [0.25, 0.3) is 5.56 Å². The molecule has 120 valence electrons. The lowest BCUT2D eigenvalue weighted by Crippen LogP contribution is -2.24. The van der Waals surface area contributed by atoms with E-state index in [1.807, 2.05) is 6.92 Å². The van der Waals surface area contributed by atoms with Crippen molar-refractivity contribution in [3.8, 4) is 5.75 Å². The van der Waals surface area contributed by atoms with E-state index in [2.05, 4.69) is 0 Å². The average molecular weight is 383 g/mol. The van der Waals surface area contributed by atoms with Gasteiger partial charge in [0.05, 0.1) is 15.1 Å². The zero-order chi connectivity index (χ0) is 16.1. The zero-order valence-corrected chi connectivity index (χ0v) is 14.8. The van der Waals surface area contributed by atoms with Gasteiger partial charge in [0.1, 0.15) is 5.75 Å². The first-order chi connectivity index (χ1) is 10.5. The van der Waals surface area contributed by atoms with Crippen molar-refractivity contribution < 1.29 is 9.47 Å². The highest BCUT2D eigenvalue weighted by Crippen LogP contribution is 2.34. The number of aromatic nitrogens is 1. The van der Waals surface area contributed by atoms with E-state index in [1.54, 1.807) is 15.4 Å².